The number of thiazole rings is 1. The molecule has 0 spiro atoms. The van der Waals surface area contributed by atoms with E-state index in [-0.39, 0.29) is 28.9 Å². The van der Waals surface area contributed by atoms with Gasteiger partial charge in [0.05, 0.1) is 39.0 Å². The fraction of sp³-hybridized carbons (Fsp3) is 0.182. The summed E-state index contributed by atoms with van der Waals surface area (Å²) in [4.78, 5) is 38.6. The summed E-state index contributed by atoms with van der Waals surface area (Å²) in [6.07, 6.45) is 1.39. The average Bonchev–Trinajstić information content (AvgIpc) is 3.40. The molecule has 190 valence electrons. The molecule has 0 saturated carbocycles. The molecule has 1 N–H and O–H groups in total. The van der Waals surface area contributed by atoms with Crippen LogP contribution in [0.2, 0.25) is 5.02 Å². The van der Waals surface area contributed by atoms with Crippen molar-refractivity contribution in [3.8, 4) is 0 Å². The number of rotatable bonds is 6. The number of anilines is 2. The van der Waals surface area contributed by atoms with E-state index in [2.05, 4.69) is 25.4 Å². The molecule has 5 aromatic rings. The van der Waals surface area contributed by atoms with E-state index in [1.54, 1.807) is 19.2 Å². The zero-order valence-electron chi connectivity index (χ0n) is 19.2. The zero-order valence-corrected chi connectivity index (χ0v) is 20.7. The molecule has 0 atom stereocenters. The molecule has 0 aliphatic heterocycles. The van der Waals surface area contributed by atoms with Gasteiger partial charge in [-0.15, -0.1) is 11.3 Å². The van der Waals surface area contributed by atoms with Gasteiger partial charge in [-0.3, -0.25) is 9.25 Å². The third-order valence-electron chi connectivity index (χ3n) is 5.34. The quantitative estimate of drug-likeness (QED) is 0.324. The van der Waals surface area contributed by atoms with Crippen LogP contribution in [0.3, 0.4) is 0 Å². The minimum Gasteiger partial charge on any atom is -0.324 e. The van der Waals surface area contributed by atoms with E-state index < -0.39 is 35.4 Å². The first-order chi connectivity index (χ1) is 17.6. The lowest BCUT2D eigenvalue weighted by Crippen LogP contribution is -2.43. The van der Waals surface area contributed by atoms with Gasteiger partial charge in [-0.05, 0) is 25.1 Å². The second-order valence-electron chi connectivity index (χ2n) is 8.02. The van der Waals surface area contributed by atoms with Gasteiger partial charge in [-0.2, -0.15) is 10.1 Å². The van der Waals surface area contributed by atoms with Crippen LogP contribution in [-0.2, 0) is 20.1 Å². The maximum atomic E-state index is 14.5. The largest absolute Gasteiger partial charge is 0.355 e. The second kappa shape index (κ2) is 9.44. The molecule has 0 bridgehead atoms. The smallest absolute Gasteiger partial charge is 0.324 e. The van der Waals surface area contributed by atoms with Gasteiger partial charge in [0.1, 0.15) is 12.1 Å². The summed E-state index contributed by atoms with van der Waals surface area (Å²) in [5, 5.41) is 7.92. The van der Waals surface area contributed by atoms with Gasteiger partial charge in [0, 0.05) is 18.7 Å². The molecule has 0 fully saturated rings. The molecule has 5 rings (SSSR count). The number of fused-ring (bicyclic) bond motifs is 1. The Morgan fingerprint density at radius 1 is 1.00 bits per heavy atom. The molecule has 0 unspecified atom stereocenters. The van der Waals surface area contributed by atoms with Crippen LogP contribution >= 0.6 is 22.9 Å². The number of nitrogens with one attached hydrogen (secondary N) is 1. The highest BCUT2D eigenvalue weighted by atomic mass is 35.5. The topological polar surface area (TPSA) is 113 Å². The summed E-state index contributed by atoms with van der Waals surface area (Å²) in [7, 11) is 1.61. The van der Waals surface area contributed by atoms with Crippen LogP contribution in [-0.4, -0.2) is 33.9 Å². The lowest BCUT2D eigenvalue weighted by atomic mass is 10.2. The predicted octanol–water partition coefficient (Wildman–Crippen LogP) is 3.36. The van der Waals surface area contributed by atoms with Gasteiger partial charge < -0.3 is 5.32 Å². The van der Waals surface area contributed by atoms with Crippen LogP contribution in [0.1, 0.15) is 16.4 Å². The molecule has 2 aromatic carbocycles. The number of hydrogen-bond donors (Lipinski definition) is 1. The lowest BCUT2D eigenvalue weighted by Gasteiger charge is -2.16. The van der Waals surface area contributed by atoms with E-state index in [9.17, 15) is 22.8 Å². The van der Waals surface area contributed by atoms with E-state index in [0.717, 1.165) is 18.8 Å². The Morgan fingerprint density at radius 3 is 2.49 bits per heavy atom. The van der Waals surface area contributed by atoms with Crippen molar-refractivity contribution in [1.82, 2.24) is 33.9 Å². The average molecular weight is 549 g/mol. The highest BCUT2D eigenvalue weighted by molar-refractivity contribution is 7.18. The minimum atomic E-state index is -1.38. The maximum Gasteiger partial charge on any atom is 0.355 e. The monoisotopic (exact) mass is 548 g/mol. The first-order valence-corrected chi connectivity index (χ1v) is 11.8. The van der Waals surface area contributed by atoms with Crippen molar-refractivity contribution < 1.29 is 13.2 Å². The molecular formula is C22H16ClF3N8O2S. The summed E-state index contributed by atoms with van der Waals surface area (Å²) in [6.45, 7) is 0.933. The van der Waals surface area contributed by atoms with Crippen molar-refractivity contribution in [2.45, 2.75) is 20.0 Å². The number of benzene rings is 2. The summed E-state index contributed by atoms with van der Waals surface area (Å²) in [5.74, 6) is -3.89. The Bertz CT molecular complexity index is 1800. The number of nitrogens with zero attached hydrogens (tertiary/aromatic N) is 7. The zero-order chi connectivity index (χ0) is 26.4. The van der Waals surface area contributed by atoms with Gasteiger partial charge in [0.2, 0.25) is 5.95 Å². The normalized spacial score (nSPS) is 11.4. The Labute approximate surface area is 214 Å². The Balaban J connectivity index is 1.64. The summed E-state index contributed by atoms with van der Waals surface area (Å²) in [5.41, 5.74) is -1.23. The maximum absolute atomic E-state index is 14.5. The summed E-state index contributed by atoms with van der Waals surface area (Å²) >= 11 is 7.79. The van der Waals surface area contributed by atoms with Crippen LogP contribution in [0.15, 0.2) is 40.2 Å². The summed E-state index contributed by atoms with van der Waals surface area (Å²) in [6, 6.07) is 4.28. The summed E-state index contributed by atoms with van der Waals surface area (Å²) < 4.78 is 45.7. The molecule has 3 heterocycles. The van der Waals surface area contributed by atoms with E-state index >= 15 is 0 Å². The van der Waals surface area contributed by atoms with Gasteiger partial charge in [-0.1, -0.05) is 11.6 Å². The second-order valence-corrected chi connectivity index (χ2v) is 9.66. The molecule has 0 aliphatic rings. The fourth-order valence-electron chi connectivity index (χ4n) is 3.64. The highest BCUT2D eigenvalue weighted by Gasteiger charge is 2.19. The fourth-order valence-corrected chi connectivity index (χ4v) is 4.69. The van der Waals surface area contributed by atoms with E-state index in [1.807, 2.05) is 6.92 Å². The first-order valence-electron chi connectivity index (χ1n) is 10.6. The van der Waals surface area contributed by atoms with Crippen LogP contribution < -0.4 is 16.7 Å². The van der Waals surface area contributed by atoms with Crippen LogP contribution in [0, 0.1) is 24.4 Å². The highest BCUT2D eigenvalue weighted by Crippen LogP contribution is 2.32. The number of aromatic nitrogens is 7. The van der Waals surface area contributed by atoms with Crippen molar-refractivity contribution in [2.24, 2.45) is 7.05 Å². The van der Waals surface area contributed by atoms with Crippen molar-refractivity contribution >= 4 is 44.8 Å². The van der Waals surface area contributed by atoms with Gasteiger partial charge >= 0.3 is 11.4 Å². The molecule has 0 aliphatic carbocycles. The van der Waals surface area contributed by atoms with Gasteiger partial charge in [0.25, 0.3) is 0 Å². The number of halogens is 4. The Morgan fingerprint density at radius 2 is 1.76 bits per heavy atom. The molecule has 0 amide bonds. The first kappa shape index (κ1) is 24.6. The van der Waals surface area contributed by atoms with E-state index in [1.165, 1.54) is 22.3 Å². The van der Waals surface area contributed by atoms with Crippen LogP contribution in [0.4, 0.5) is 24.8 Å². The standard InChI is InChI=1S/C22H16ClF3N8O2S/c1-10-28-17-4-12(23)16(6-18(17)37-10)29-20-30-21(35)34(8-19-27-9-32(2)31-19)22(36)33(20)7-11-3-14(25)15(26)5-13(11)24/h3-6,9H,7-8H2,1-2H3,(H,29,30,35). The molecule has 37 heavy (non-hydrogen) atoms. The Hall–Kier alpha value is -4.04. The van der Waals surface area contributed by atoms with Gasteiger partial charge in [-0.25, -0.2) is 37.3 Å². The third kappa shape index (κ3) is 4.84. The predicted molar refractivity (Wildman–Crippen MR) is 131 cm³/mol. The molecule has 10 nitrogen and oxygen atoms in total. The molecule has 0 radical (unpaired) electrons. The van der Waals surface area contributed by atoms with Gasteiger partial charge in [0.15, 0.2) is 17.5 Å². The minimum absolute atomic E-state index is 0.156. The van der Waals surface area contributed by atoms with Crippen molar-refractivity contribution in [3.63, 3.8) is 0 Å². The van der Waals surface area contributed by atoms with E-state index in [4.69, 9.17) is 11.6 Å². The van der Waals surface area contributed by atoms with Crippen molar-refractivity contribution in [2.75, 3.05) is 5.32 Å². The lowest BCUT2D eigenvalue weighted by molar-refractivity contribution is 0.485. The van der Waals surface area contributed by atoms with Crippen molar-refractivity contribution in [3.05, 3.63) is 90.4 Å². The molecular weight excluding hydrogens is 533 g/mol. The molecule has 0 saturated heterocycles. The SMILES string of the molecule is Cc1nc2cc(Cl)c(Nc3nc(=O)n(Cc4ncn(C)n4)c(=O)n3Cc3cc(F)c(F)cc3F)cc2s1. The third-order valence-corrected chi connectivity index (χ3v) is 6.59. The number of aryl methyl sites for hydroxylation is 2. The number of hydrogen-bond acceptors (Lipinski definition) is 8. The van der Waals surface area contributed by atoms with Crippen LogP contribution in [0.5, 0.6) is 0 Å². The van der Waals surface area contributed by atoms with E-state index in [0.29, 0.717) is 23.3 Å². The van der Waals surface area contributed by atoms with Crippen LogP contribution in [0.25, 0.3) is 10.2 Å². The molecule has 3 aromatic heterocycles. The van der Waals surface area contributed by atoms with Crippen molar-refractivity contribution in [1.29, 1.82) is 0 Å². The Kier molecular flexibility index (Phi) is 6.29. The molecule has 15 heteroatoms.